The van der Waals surface area contributed by atoms with Crippen molar-refractivity contribution in [2.45, 2.75) is 57.0 Å². The van der Waals surface area contributed by atoms with Crippen LogP contribution in [0.5, 0.6) is 0 Å². The molecule has 15 heavy (non-hydrogen) atoms. The van der Waals surface area contributed by atoms with E-state index in [2.05, 4.69) is 9.78 Å². The molecule has 2 aliphatic carbocycles. The topological polar surface area (TPSA) is 43.8 Å². The normalized spacial score (nSPS) is 26.9. The largest absolute Gasteiger partial charge is 0.324 e. The first kappa shape index (κ1) is 9.40. The van der Waals surface area contributed by atoms with Crippen LogP contribution in [0.4, 0.5) is 0 Å². The summed E-state index contributed by atoms with van der Waals surface area (Å²) in [5, 5.41) is 4.57. The molecular formula is C12H19N3. The molecule has 0 bridgehead atoms. The van der Waals surface area contributed by atoms with E-state index < -0.39 is 0 Å². The fourth-order valence-electron chi connectivity index (χ4n) is 3.08. The molecule has 1 heterocycles. The van der Waals surface area contributed by atoms with Crippen LogP contribution >= 0.6 is 0 Å². The van der Waals surface area contributed by atoms with Crippen LogP contribution in [0.2, 0.25) is 0 Å². The Morgan fingerprint density at radius 3 is 2.80 bits per heavy atom. The van der Waals surface area contributed by atoms with E-state index in [4.69, 9.17) is 5.73 Å². The Bertz CT molecular complexity index is 350. The fourth-order valence-corrected chi connectivity index (χ4v) is 3.08. The standard InChI is InChI=1S/C12H19N3/c13-11-6-3-7-12-10(11)8-14-15(12)9-4-1-2-5-9/h8-9,11H,1-7,13H2/t11-/m0/s1. The van der Waals surface area contributed by atoms with Crippen LogP contribution in [0.3, 0.4) is 0 Å². The molecular weight excluding hydrogens is 186 g/mol. The molecule has 3 heteroatoms. The van der Waals surface area contributed by atoms with Crippen molar-refractivity contribution in [3.05, 3.63) is 17.5 Å². The molecule has 3 nitrogen and oxygen atoms in total. The summed E-state index contributed by atoms with van der Waals surface area (Å²) < 4.78 is 2.28. The van der Waals surface area contributed by atoms with Gasteiger partial charge in [0.15, 0.2) is 0 Å². The molecule has 0 spiro atoms. The number of hydrogen-bond acceptors (Lipinski definition) is 2. The lowest BCUT2D eigenvalue weighted by Gasteiger charge is -2.21. The molecule has 0 aliphatic heterocycles. The van der Waals surface area contributed by atoms with Crippen LogP contribution < -0.4 is 5.73 Å². The molecule has 0 unspecified atom stereocenters. The second-order valence-electron chi connectivity index (χ2n) is 4.93. The summed E-state index contributed by atoms with van der Waals surface area (Å²) in [5.41, 5.74) is 8.85. The Morgan fingerprint density at radius 2 is 2.00 bits per heavy atom. The monoisotopic (exact) mass is 205 g/mol. The quantitative estimate of drug-likeness (QED) is 0.764. The van der Waals surface area contributed by atoms with Crippen molar-refractivity contribution in [2.24, 2.45) is 5.73 Å². The molecule has 2 aliphatic rings. The van der Waals surface area contributed by atoms with Crippen LogP contribution in [0.15, 0.2) is 6.20 Å². The van der Waals surface area contributed by atoms with Gasteiger partial charge in [0.1, 0.15) is 0 Å². The van der Waals surface area contributed by atoms with E-state index in [0.717, 1.165) is 6.42 Å². The third kappa shape index (κ3) is 1.49. The van der Waals surface area contributed by atoms with Crippen LogP contribution in [0.1, 0.15) is 61.9 Å². The first-order valence-electron chi connectivity index (χ1n) is 6.18. The lowest BCUT2D eigenvalue weighted by atomic mass is 9.93. The Balaban J connectivity index is 1.95. The van der Waals surface area contributed by atoms with Crippen molar-refractivity contribution >= 4 is 0 Å². The first-order valence-corrected chi connectivity index (χ1v) is 6.18. The zero-order valence-electron chi connectivity index (χ0n) is 9.15. The van der Waals surface area contributed by atoms with E-state index in [1.165, 1.54) is 49.8 Å². The van der Waals surface area contributed by atoms with Gasteiger partial charge < -0.3 is 5.73 Å². The molecule has 1 fully saturated rings. The van der Waals surface area contributed by atoms with Gasteiger partial charge in [-0.2, -0.15) is 5.10 Å². The predicted molar refractivity (Wildman–Crippen MR) is 59.6 cm³/mol. The molecule has 1 aromatic heterocycles. The lowest BCUT2D eigenvalue weighted by molar-refractivity contribution is 0.435. The number of aromatic nitrogens is 2. The zero-order chi connectivity index (χ0) is 10.3. The van der Waals surface area contributed by atoms with E-state index in [-0.39, 0.29) is 6.04 Å². The smallest absolute Gasteiger partial charge is 0.0540 e. The van der Waals surface area contributed by atoms with E-state index >= 15 is 0 Å². The maximum absolute atomic E-state index is 6.11. The van der Waals surface area contributed by atoms with Gasteiger partial charge in [-0.3, -0.25) is 4.68 Å². The summed E-state index contributed by atoms with van der Waals surface area (Å²) >= 11 is 0. The zero-order valence-corrected chi connectivity index (χ0v) is 9.15. The van der Waals surface area contributed by atoms with Gasteiger partial charge in [-0.25, -0.2) is 0 Å². The average Bonchev–Trinajstić information content (AvgIpc) is 2.85. The summed E-state index contributed by atoms with van der Waals surface area (Å²) in [6.45, 7) is 0. The van der Waals surface area contributed by atoms with Gasteiger partial charge in [0, 0.05) is 17.3 Å². The van der Waals surface area contributed by atoms with Gasteiger partial charge >= 0.3 is 0 Å². The Labute approximate surface area is 90.7 Å². The summed E-state index contributed by atoms with van der Waals surface area (Å²) in [7, 11) is 0. The minimum absolute atomic E-state index is 0.240. The Morgan fingerprint density at radius 1 is 1.20 bits per heavy atom. The van der Waals surface area contributed by atoms with Crippen molar-refractivity contribution in [2.75, 3.05) is 0 Å². The van der Waals surface area contributed by atoms with Crippen molar-refractivity contribution < 1.29 is 0 Å². The number of nitrogens with zero attached hydrogens (tertiary/aromatic N) is 2. The number of nitrogens with two attached hydrogens (primary N) is 1. The van der Waals surface area contributed by atoms with Crippen LogP contribution in [-0.2, 0) is 6.42 Å². The molecule has 0 radical (unpaired) electrons. The Hall–Kier alpha value is -0.830. The van der Waals surface area contributed by atoms with Crippen molar-refractivity contribution in [1.82, 2.24) is 9.78 Å². The molecule has 0 amide bonds. The molecule has 82 valence electrons. The molecule has 2 N–H and O–H groups in total. The Kier molecular flexibility index (Phi) is 2.28. The number of rotatable bonds is 1. The van der Waals surface area contributed by atoms with E-state index in [1.54, 1.807) is 0 Å². The van der Waals surface area contributed by atoms with E-state index in [1.807, 2.05) is 6.20 Å². The van der Waals surface area contributed by atoms with Crippen molar-refractivity contribution in [3.63, 3.8) is 0 Å². The van der Waals surface area contributed by atoms with Gasteiger partial charge in [-0.15, -0.1) is 0 Å². The van der Waals surface area contributed by atoms with E-state index in [9.17, 15) is 0 Å². The fraction of sp³-hybridized carbons (Fsp3) is 0.750. The summed E-state index contributed by atoms with van der Waals surface area (Å²) in [4.78, 5) is 0. The van der Waals surface area contributed by atoms with Gasteiger partial charge in [0.05, 0.1) is 12.2 Å². The lowest BCUT2D eigenvalue weighted by Crippen LogP contribution is -2.19. The average molecular weight is 205 g/mol. The number of hydrogen-bond donors (Lipinski definition) is 1. The second kappa shape index (κ2) is 3.63. The van der Waals surface area contributed by atoms with Crippen LogP contribution in [0.25, 0.3) is 0 Å². The highest BCUT2D eigenvalue weighted by Gasteiger charge is 2.26. The third-order valence-corrected chi connectivity index (χ3v) is 3.93. The van der Waals surface area contributed by atoms with Gasteiger partial charge in [0.25, 0.3) is 0 Å². The molecule has 3 rings (SSSR count). The maximum Gasteiger partial charge on any atom is 0.0540 e. The minimum Gasteiger partial charge on any atom is -0.324 e. The molecule has 1 aromatic rings. The second-order valence-corrected chi connectivity index (χ2v) is 4.93. The molecule has 1 saturated carbocycles. The van der Waals surface area contributed by atoms with E-state index in [0.29, 0.717) is 6.04 Å². The highest BCUT2D eigenvalue weighted by Crippen LogP contribution is 2.34. The maximum atomic E-state index is 6.11. The SMILES string of the molecule is N[C@H]1CCCc2c1cnn2C1CCCC1. The van der Waals surface area contributed by atoms with Gasteiger partial charge in [-0.1, -0.05) is 12.8 Å². The van der Waals surface area contributed by atoms with Crippen LogP contribution in [0, 0.1) is 0 Å². The number of fused-ring (bicyclic) bond motifs is 1. The van der Waals surface area contributed by atoms with Crippen molar-refractivity contribution in [3.8, 4) is 0 Å². The molecule has 1 atom stereocenters. The molecule has 0 saturated heterocycles. The minimum atomic E-state index is 0.240. The van der Waals surface area contributed by atoms with Gasteiger partial charge in [-0.05, 0) is 32.1 Å². The summed E-state index contributed by atoms with van der Waals surface area (Å²) in [6, 6.07) is 0.906. The first-order chi connectivity index (χ1) is 7.36. The van der Waals surface area contributed by atoms with Crippen LogP contribution in [-0.4, -0.2) is 9.78 Å². The highest BCUT2D eigenvalue weighted by molar-refractivity contribution is 5.25. The summed E-state index contributed by atoms with van der Waals surface area (Å²) in [6.07, 6.45) is 10.9. The predicted octanol–water partition coefficient (Wildman–Crippen LogP) is 2.33. The summed E-state index contributed by atoms with van der Waals surface area (Å²) in [5.74, 6) is 0. The third-order valence-electron chi connectivity index (χ3n) is 3.93. The van der Waals surface area contributed by atoms with Crippen molar-refractivity contribution in [1.29, 1.82) is 0 Å². The molecule has 0 aromatic carbocycles. The highest BCUT2D eigenvalue weighted by atomic mass is 15.3. The van der Waals surface area contributed by atoms with Gasteiger partial charge in [0.2, 0.25) is 0 Å².